The summed E-state index contributed by atoms with van der Waals surface area (Å²) in [5.74, 6) is -0.673. The average molecular weight is 194 g/mol. The van der Waals surface area contributed by atoms with Crippen LogP contribution in [-0.2, 0) is 14.3 Å². The maximum absolute atomic E-state index is 11.5. The summed E-state index contributed by atoms with van der Waals surface area (Å²) in [6.45, 7) is 3.43. The topological polar surface area (TPSA) is 63.6 Å². The van der Waals surface area contributed by atoms with Gasteiger partial charge in [0.25, 0.3) is 0 Å². The highest BCUT2D eigenvalue weighted by atomic mass is 16.6. The third-order valence-corrected chi connectivity index (χ3v) is 2.73. The number of carbonyl (C=O) groups is 2. The summed E-state index contributed by atoms with van der Waals surface area (Å²) in [7, 11) is 0. The monoisotopic (exact) mass is 194 g/mol. The quantitative estimate of drug-likeness (QED) is 0.564. The fourth-order valence-corrected chi connectivity index (χ4v) is 1.90. The Morgan fingerprint density at radius 3 is 2.79 bits per heavy atom. The normalized spacial score (nSPS) is 36.6. The van der Waals surface area contributed by atoms with Crippen molar-refractivity contribution in [3.63, 3.8) is 0 Å². The van der Waals surface area contributed by atoms with Gasteiger partial charge in [0.2, 0.25) is 0 Å². The van der Waals surface area contributed by atoms with Crippen LogP contribution >= 0.6 is 0 Å². The molecule has 1 spiro atoms. The number of ether oxygens (including phenoxy) is 1. The maximum atomic E-state index is 11.5. The van der Waals surface area contributed by atoms with Crippen molar-refractivity contribution >= 4 is 11.8 Å². The molecule has 1 saturated heterocycles. The molecule has 0 aromatic rings. The summed E-state index contributed by atoms with van der Waals surface area (Å²) in [6, 6.07) is 0. The second-order valence-corrected chi connectivity index (χ2v) is 3.66. The molecule has 2 rings (SSSR count). The smallest absolute Gasteiger partial charge is 0.321 e. The van der Waals surface area contributed by atoms with Crippen molar-refractivity contribution in [2.75, 3.05) is 0 Å². The summed E-state index contributed by atoms with van der Waals surface area (Å²) in [5, 5.41) is 9.73. The highest BCUT2D eigenvalue weighted by molar-refractivity contribution is 5.97. The first-order valence-corrected chi connectivity index (χ1v) is 4.35. The van der Waals surface area contributed by atoms with Crippen molar-refractivity contribution in [3.05, 3.63) is 24.5 Å². The fourth-order valence-electron chi connectivity index (χ4n) is 1.90. The standard InChI is InChI=1S/C10H10O4/c1-6-8(12)10(9(13)14-6)4-2-3-7(11)5-10/h2-3,8,12H,1,4-5H2. The molecule has 1 heterocycles. The molecule has 0 radical (unpaired) electrons. The van der Waals surface area contributed by atoms with E-state index in [1.807, 2.05) is 0 Å². The van der Waals surface area contributed by atoms with Crippen LogP contribution in [-0.4, -0.2) is 23.0 Å². The molecule has 2 atom stereocenters. The number of allylic oxidation sites excluding steroid dienone is 2. The predicted octanol–water partition coefficient (Wildman–Crippen LogP) is 0.323. The van der Waals surface area contributed by atoms with Crippen LogP contribution in [0.2, 0.25) is 0 Å². The van der Waals surface area contributed by atoms with Gasteiger partial charge in [0, 0.05) is 6.42 Å². The van der Waals surface area contributed by atoms with Crippen LogP contribution < -0.4 is 0 Å². The molecular formula is C10H10O4. The van der Waals surface area contributed by atoms with E-state index in [0.29, 0.717) is 6.42 Å². The van der Waals surface area contributed by atoms with Gasteiger partial charge in [0.1, 0.15) is 17.3 Å². The molecule has 2 unspecified atom stereocenters. The highest BCUT2D eigenvalue weighted by Crippen LogP contribution is 2.44. The van der Waals surface area contributed by atoms with Crippen LogP contribution in [0.25, 0.3) is 0 Å². The lowest BCUT2D eigenvalue weighted by atomic mass is 9.73. The number of ketones is 1. The van der Waals surface area contributed by atoms with Gasteiger partial charge in [-0.3, -0.25) is 9.59 Å². The number of aliphatic hydroxyl groups excluding tert-OH is 1. The number of carbonyl (C=O) groups excluding carboxylic acids is 2. The molecule has 0 amide bonds. The largest absolute Gasteiger partial charge is 0.428 e. The zero-order chi connectivity index (χ0) is 10.3. The van der Waals surface area contributed by atoms with E-state index in [2.05, 4.69) is 6.58 Å². The molecular weight excluding hydrogens is 184 g/mol. The first-order chi connectivity index (χ1) is 6.56. The number of hydrogen-bond donors (Lipinski definition) is 1. The molecule has 0 aromatic heterocycles. The van der Waals surface area contributed by atoms with Crippen molar-refractivity contribution < 1.29 is 19.4 Å². The molecule has 0 saturated carbocycles. The molecule has 0 aromatic carbocycles. The number of cyclic esters (lactones) is 1. The first kappa shape index (κ1) is 9.15. The Kier molecular flexibility index (Phi) is 1.82. The van der Waals surface area contributed by atoms with Crippen molar-refractivity contribution in [1.29, 1.82) is 0 Å². The van der Waals surface area contributed by atoms with E-state index in [4.69, 9.17) is 4.74 Å². The van der Waals surface area contributed by atoms with Gasteiger partial charge in [-0.15, -0.1) is 0 Å². The summed E-state index contributed by atoms with van der Waals surface area (Å²) in [6.07, 6.45) is 2.28. The van der Waals surface area contributed by atoms with Gasteiger partial charge in [-0.05, 0) is 12.5 Å². The van der Waals surface area contributed by atoms with Gasteiger partial charge in [0.15, 0.2) is 5.78 Å². The van der Waals surface area contributed by atoms with Gasteiger partial charge in [-0.1, -0.05) is 12.7 Å². The molecule has 1 N–H and O–H groups in total. The number of aliphatic hydroxyl groups is 1. The summed E-state index contributed by atoms with van der Waals surface area (Å²) < 4.78 is 4.75. The molecule has 2 aliphatic rings. The molecule has 74 valence electrons. The van der Waals surface area contributed by atoms with Gasteiger partial charge in [-0.25, -0.2) is 0 Å². The van der Waals surface area contributed by atoms with Crippen LogP contribution in [0.1, 0.15) is 12.8 Å². The third-order valence-electron chi connectivity index (χ3n) is 2.73. The lowest BCUT2D eigenvalue weighted by Crippen LogP contribution is -2.39. The Bertz CT molecular complexity index is 355. The van der Waals surface area contributed by atoms with Crippen LogP contribution in [0.3, 0.4) is 0 Å². The minimum Gasteiger partial charge on any atom is -0.428 e. The van der Waals surface area contributed by atoms with E-state index in [0.717, 1.165) is 0 Å². The Labute approximate surface area is 80.9 Å². The lowest BCUT2D eigenvalue weighted by Gasteiger charge is -2.27. The zero-order valence-electron chi connectivity index (χ0n) is 7.53. The van der Waals surface area contributed by atoms with E-state index < -0.39 is 17.5 Å². The summed E-state index contributed by atoms with van der Waals surface area (Å²) in [5.41, 5.74) is -1.11. The van der Waals surface area contributed by atoms with E-state index in [9.17, 15) is 14.7 Å². The molecule has 4 nitrogen and oxygen atoms in total. The zero-order valence-corrected chi connectivity index (χ0v) is 7.53. The number of hydrogen-bond acceptors (Lipinski definition) is 4. The van der Waals surface area contributed by atoms with E-state index >= 15 is 0 Å². The van der Waals surface area contributed by atoms with Crippen molar-refractivity contribution in [1.82, 2.24) is 0 Å². The summed E-state index contributed by atoms with van der Waals surface area (Å²) >= 11 is 0. The molecule has 4 heteroatoms. The average Bonchev–Trinajstić information content (AvgIpc) is 2.32. The Balaban J connectivity index is 2.40. The Morgan fingerprint density at radius 1 is 1.57 bits per heavy atom. The van der Waals surface area contributed by atoms with Crippen molar-refractivity contribution in [3.8, 4) is 0 Å². The lowest BCUT2D eigenvalue weighted by molar-refractivity contribution is -0.148. The van der Waals surface area contributed by atoms with Gasteiger partial charge in [-0.2, -0.15) is 0 Å². The van der Waals surface area contributed by atoms with Crippen LogP contribution in [0.4, 0.5) is 0 Å². The minimum atomic E-state index is -1.11. The van der Waals surface area contributed by atoms with Crippen LogP contribution in [0, 0.1) is 5.41 Å². The van der Waals surface area contributed by atoms with Gasteiger partial charge >= 0.3 is 5.97 Å². The molecule has 0 bridgehead atoms. The predicted molar refractivity (Wildman–Crippen MR) is 47.1 cm³/mol. The Hall–Kier alpha value is -1.42. The van der Waals surface area contributed by atoms with E-state index in [1.165, 1.54) is 6.08 Å². The second-order valence-electron chi connectivity index (χ2n) is 3.66. The molecule has 1 fully saturated rings. The molecule has 1 aliphatic carbocycles. The fraction of sp³-hybridized carbons (Fsp3) is 0.400. The van der Waals surface area contributed by atoms with Crippen molar-refractivity contribution in [2.24, 2.45) is 5.41 Å². The van der Waals surface area contributed by atoms with Gasteiger partial charge in [0.05, 0.1) is 0 Å². The SMILES string of the molecule is C=C1OC(=O)C2(CC=CC(=O)C2)C1O. The van der Waals surface area contributed by atoms with Gasteiger partial charge < -0.3 is 9.84 Å². The molecule has 1 aliphatic heterocycles. The number of esters is 1. The second kappa shape index (κ2) is 2.78. The van der Waals surface area contributed by atoms with E-state index in [1.54, 1.807) is 6.08 Å². The van der Waals surface area contributed by atoms with E-state index in [-0.39, 0.29) is 18.0 Å². The third kappa shape index (κ3) is 1.04. The van der Waals surface area contributed by atoms with Crippen LogP contribution in [0.5, 0.6) is 0 Å². The number of rotatable bonds is 0. The first-order valence-electron chi connectivity index (χ1n) is 4.35. The minimum absolute atomic E-state index is 0.00250. The Morgan fingerprint density at radius 2 is 2.29 bits per heavy atom. The van der Waals surface area contributed by atoms with Crippen LogP contribution in [0.15, 0.2) is 24.5 Å². The van der Waals surface area contributed by atoms with Crippen molar-refractivity contribution in [2.45, 2.75) is 18.9 Å². The highest BCUT2D eigenvalue weighted by Gasteiger charge is 2.55. The summed E-state index contributed by atoms with van der Waals surface area (Å²) in [4.78, 5) is 22.7. The maximum Gasteiger partial charge on any atom is 0.321 e. The molecule has 14 heavy (non-hydrogen) atoms.